The van der Waals surface area contributed by atoms with E-state index >= 15 is 0 Å². The Morgan fingerprint density at radius 2 is 1.46 bits per heavy atom. The van der Waals surface area contributed by atoms with E-state index < -0.39 is 8.32 Å². The Kier molecular flexibility index (Phi) is 4.55. The number of amides is 1. The van der Waals surface area contributed by atoms with Gasteiger partial charge in [-0.15, -0.1) is 0 Å². The van der Waals surface area contributed by atoms with E-state index in [2.05, 4.69) is 101 Å². The molecule has 28 heavy (non-hydrogen) atoms. The molecule has 1 N–H and O–H groups in total. The Hall–Kier alpha value is -1.91. The highest BCUT2D eigenvalue weighted by Gasteiger charge is 2.69. The lowest BCUT2D eigenvalue weighted by Gasteiger charge is -2.43. The normalized spacial score (nSPS) is 25.9. The lowest BCUT2D eigenvalue weighted by atomic mass is 10.0. The van der Waals surface area contributed by atoms with Crippen LogP contribution in [-0.2, 0) is 9.22 Å². The summed E-state index contributed by atoms with van der Waals surface area (Å²) in [5.74, 6) is 0.740. The van der Waals surface area contributed by atoms with Crippen molar-refractivity contribution >= 4 is 24.6 Å². The minimum absolute atomic E-state index is 0.0449. The van der Waals surface area contributed by atoms with Crippen LogP contribution in [0.15, 0.2) is 60.7 Å². The number of rotatable bonds is 5. The summed E-state index contributed by atoms with van der Waals surface area (Å²) in [4.78, 5) is 12.3. The Balaban J connectivity index is 1.73. The highest BCUT2D eigenvalue weighted by atomic mass is 28.4. The topological polar surface area (TPSA) is 38.3 Å². The molecule has 2 aromatic rings. The second-order valence-corrected chi connectivity index (χ2v) is 14.2. The second-order valence-electron chi connectivity index (χ2n) is 9.91. The van der Waals surface area contributed by atoms with E-state index in [0.29, 0.717) is 12.5 Å². The van der Waals surface area contributed by atoms with E-state index in [0.717, 1.165) is 0 Å². The Bertz CT molecular complexity index is 818. The highest BCUT2D eigenvalue weighted by Crippen LogP contribution is 2.62. The number of carbonyl (C=O) groups is 1. The summed E-state index contributed by atoms with van der Waals surface area (Å²) >= 11 is 0. The van der Waals surface area contributed by atoms with Crippen molar-refractivity contribution in [2.45, 2.75) is 45.7 Å². The Labute approximate surface area is 169 Å². The van der Waals surface area contributed by atoms with Crippen LogP contribution in [0.1, 0.15) is 34.6 Å². The predicted octanol–water partition coefficient (Wildman–Crippen LogP) is 3.33. The van der Waals surface area contributed by atoms with Crippen LogP contribution < -0.4 is 15.7 Å². The van der Waals surface area contributed by atoms with Crippen LogP contribution in [0.5, 0.6) is 0 Å². The van der Waals surface area contributed by atoms with Gasteiger partial charge < -0.3 is 9.74 Å². The van der Waals surface area contributed by atoms with Crippen molar-refractivity contribution in [1.29, 1.82) is 0 Å². The van der Waals surface area contributed by atoms with Crippen molar-refractivity contribution in [2.75, 3.05) is 6.61 Å². The molecular weight excluding hydrogens is 362 g/mol. The van der Waals surface area contributed by atoms with Gasteiger partial charge in [0.2, 0.25) is 5.91 Å². The summed E-state index contributed by atoms with van der Waals surface area (Å²) in [7, 11) is -2.55. The van der Waals surface area contributed by atoms with Gasteiger partial charge in [-0.05, 0) is 26.7 Å². The third-order valence-electron chi connectivity index (χ3n) is 6.85. The van der Waals surface area contributed by atoms with E-state index in [9.17, 15) is 4.79 Å². The number of hydrogen-bond donors (Lipinski definition) is 1. The first-order valence-electron chi connectivity index (χ1n) is 10.2. The molecule has 1 aliphatic heterocycles. The van der Waals surface area contributed by atoms with Crippen LogP contribution in [0.4, 0.5) is 0 Å². The second kappa shape index (κ2) is 6.56. The first-order chi connectivity index (χ1) is 13.2. The van der Waals surface area contributed by atoms with Gasteiger partial charge in [-0.2, -0.15) is 0 Å². The summed E-state index contributed by atoms with van der Waals surface area (Å²) in [6.45, 7) is 11.8. The van der Waals surface area contributed by atoms with Gasteiger partial charge >= 0.3 is 0 Å². The molecule has 3 atom stereocenters. The number of nitrogens with one attached hydrogen (secondary N) is 1. The minimum atomic E-state index is -2.55. The summed E-state index contributed by atoms with van der Waals surface area (Å²) in [5, 5.41) is 5.71. The monoisotopic (exact) mass is 393 g/mol. The summed E-state index contributed by atoms with van der Waals surface area (Å²) in [6, 6.07) is 21.5. The molecule has 0 bridgehead atoms. The van der Waals surface area contributed by atoms with Crippen LogP contribution in [0, 0.1) is 17.3 Å². The van der Waals surface area contributed by atoms with Crippen LogP contribution in [0.25, 0.3) is 0 Å². The molecule has 2 aliphatic rings. The van der Waals surface area contributed by atoms with Gasteiger partial charge in [0, 0.05) is 5.92 Å². The van der Waals surface area contributed by atoms with E-state index in [-0.39, 0.29) is 28.3 Å². The van der Waals surface area contributed by atoms with Crippen molar-refractivity contribution < 1.29 is 9.22 Å². The maximum absolute atomic E-state index is 12.3. The van der Waals surface area contributed by atoms with Crippen LogP contribution in [-0.4, -0.2) is 26.9 Å². The molecule has 4 rings (SSSR count). The number of benzene rings is 2. The molecule has 1 heterocycles. The van der Waals surface area contributed by atoms with Crippen molar-refractivity contribution in [3.8, 4) is 0 Å². The molecule has 0 spiro atoms. The van der Waals surface area contributed by atoms with Crippen molar-refractivity contribution in [3.63, 3.8) is 0 Å². The first kappa shape index (κ1) is 19.4. The van der Waals surface area contributed by atoms with Gasteiger partial charge in [0.15, 0.2) is 0 Å². The molecule has 0 radical (unpaired) electrons. The zero-order chi connectivity index (χ0) is 20.2. The molecule has 0 aromatic heterocycles. The average Bonchev–Trinajstić information content (AvgIpc) is 3.05. The molecular formula is C24H31NO2Si. The molecule has 2 aromatic carbocycles. The standard InChI is InChI=1S/C24H31NO2Si/c1-23(2,3)28(17-12-8-6-9-13-17,18-14-10-7-11-15-18)27-16-19-20-21(22(26)25-19)24(20,4)5/h6-15,19-21H,16H2,1-5H3,(H,25,26)/t19-,20-,21-/m0/s1. The van der Waals surface area contributed by atoms with E-state index in [1.54, 1.807) is 0 Å². The maximum Gasteiger partial charge on any atom is 0.261 e. The highest BCUT2D eigenvalue weighted by molar-refractivity contribution is 6.99. The van der Waals surface area contributed by atoms with E-state index in [1.165, 1.54) is 10.4 Å². The molecule has 2 fully saturated rings. The average molecular weight is 394 g/mol. The molecule has 1 saturated heterocycles. The van der Waals surface area contributed by atoms with Gasteiger partial charge in [0.05, 0.1) is 12.6 Å². The van der Waals surface area contributed by atoms with Crippen LogP contribution in [0.2, 0.25) is 5.04 Å². The molecule has 4 heteroatoms. The van der Waals surface area contributed by atoms with Gasteiger partial charge in [0.1, 0.15) is 0 Å². The molecule has 1 saturated carbocycles. The fourth-order valence-corrected chi connectivity index (χ4v) is 10.00. The minimum Gasteiger partial charge on any atom is -0.405 e. The molecule has 1 aliphatic carbocycles. The smallest absolute Gasteiger partial charge is 0.261 e. The molecule has 148 valence electrons. The third kappa shape index (κ3) is 2.85. The van der Waals surface area contributed by atoms with Crippen molar-refractivity contribution in [2.24, 2.45) is 17.3 Å². The zero-order valence-corrected chi connectivity index (χ0v) is 18.5. The Morgan fingerprint density at radius 3 is 1.86 bits per heavy atom. The third-order valence-corrected chi connectivity index (χ3v) is 11.9. The van der Waals surface area contributed by atoms with Gasteiger partial charge in [-0.25, -0.2) is 0 Å². The number of hydrogen-bond acceptors (Lipinski definition) is 2. The molecule has 0 unspecified atom stereocenters. The van der Waals surface area contributed by atoms with Crippen LogP contribution >= 0.6 is 0 Å². The Morgan fingerprint density at radius 1 is 0.964 bits per heavy atom. The van der Waals surface area contributed by atoms with Crippen LogP contribution in [0.3, 0.4) is 0 Å². The van der Waals surface area contributed by atoms with E-state index in [4.69, 9.17) is 4.43 Å². The fraction of sp³-hybridized carbons (Fsp3) is 0.458. The lowest BCUT2D eigenvalue weighted by molar-refractivity contribution is -0.122. The predicted molar refractivity (Wildman–Crippen MR) is 116 cm³/mol. The van der Waals surface area contributed by atoms with Gasteiger partial charge in [-0.1, -0.05) is 95.3 Å². The quantitative estimate of drug-likeness (QED) is 0.792. The van der Waals surface area contributed by atoms with E-state index in [1.807, 2.05) is 0 Å². The van der Waals surface area contributed by atoms with Crippen molar-refractivity contribution in [3.05, 3.63) is 60.7 Å². The lowest BCUT2D eigenvalue weighted by Crippen LogP contribution is -2.67. The fourth-order valence-electron chi connectivity index (χ4n) is 5.41. The first-order valence-corrected chi connectivity index (χ1v) is 12.2. The number of piperidine rings is 1. The SMILES string of the molecule is CC1(C)[C@H]2[C@H](CO[Si](c3ccccc3)(c3ccccc3)C(C)(C)C)NC(=O)[C@H]21. The van der Waals surface area contributed by atoms with Gasteiger partial charge in [-0.3, -0.25) is 4.79 Å². The zero-order valence-electron chi connectivity index (χ0n) is 17.5. The summed E-state index contributed by atoms with van der Waals surface area (Å²) < 4.78 is 7.01. The number of carbonyl (C=O) groups excluding carboxylic acids is 1. The number of fused-ring (bicyclic) bond motifs is 1. The van der Waals surface area contributed by atoms with Crippen molar-refractivity contribution in [1.82, 2.24) is 5.32 Å². The summed E-state index contributed by atoms with van der Waals surface area (Å²) in [5.41, 5.74) is 0.0990. The largest absolute Gasteiger partial charge is 0.405 e. The van der Waals surface area contributed by atoms with Gasteiger partial charge in [0.25, 0.3) is 8.32 Å². The molecule has 1 amide bonds. The molecule has 3 nitrogen and oxygen atoms in total. The summed E-state index contributed by atoms with van der Waals surface area (Å²) in [6.07, 6.45) is 0. The maximum atomic E-state index is 12.3.